The molecule has 0 aliphatic carbocycles. The lowest BCUT2D eigenvalue weighted by molar-refractivity contribution is -0.138. The number of carboxylic acid groups (broad SMARTS) is 1. The van der Waals surface area contributed by atoms with E-state index in [0.29, 0.717) is 18.0 Å². The number of halogens is 1. The first-order valence-corrected chi connectivity index (χ1v) is 6.14. The monoisotopic (exact) mass is 255 g/mol. The van der Waals surface area contributed by atoms with E-state index in [1.54, 1.807) is 6.07 Å². The van der Waals surface area contributed by atoms with Crippen LogP contribution in [0.1, 0.15) is 25.8 Å². The molecule has 17 heavy (non-hydrogen) atoms. The van der Waals surface area contributed by atoms with Crippen molar-refractivity contribution in [3.05, 3.63) is 28.8 Å². The molecular weight excluding hydrogens is 238 g/mol. The van der Waals surface area contributed by atoms with Gasteiger partial charge in [0.2, 0.25) is 0 Å². The molecule has 4 heteroatoms. The van der Waals surface area contributed by atoms with Gasteiger partial charge in [0, 0.05) is 17.3 Å². The number of nitrogens with zero attached hydrogens (tertiary/aromatic N) is 1. The smallest absolute Gasteiger partial charge is 0.326 e. The number of benzene rings is 1. The van der Waals surface area contributed by atoms with E-state index < -0.39 is 12.0 Å². The van der Waals surface area contributed by atoms with Crippen molar-refractivity contribution in [3.63, 3.8) is 0 Å². The van der Waals surface area contributed by atoms with Gasteiger partial charge < -0.3 is 10.0 Å². The Morgan fingerprint density at radius 3 is 2.53 bits per heavy atom. The van der Waals surface area contributed by atoms with Crippen LogP contribution in [0, 0.1) is 6.92 Å². The van der Waals surface area contributed by atoms with Gasteiger partial charge in [-0.2, -0.15) is 0 Å². The van der Waals surface area contributed by atoms with E-state index in [-0.39, 0.29) is 0 Å². The van der Waals surface area contributed by atoms with Crippen LogP contribution in [0.15, 0.2) is 18.2 Å². The summed E-state index contributed by atoms with van der Waals surface area (Å²) in [7, 11) is 0. The van der Waals surface area contributed by atoms with Gasteiger partial charge in [-0.25, -0.2) is 4.79 Å². The topological polar surface area (TPSA) is 40.5 Å². The number of aliphatic carboxylic acids is 1. The van der Waals surface area contributed by atoms with Crippen molar-refractivity contribution in [2.45, 2.75) is 33.2 Å². The number of likely N-dealkylation sites (N-methyl/N-ethyl adjacent to an activating group) is 1. The number of hydrogen-bond donors (Lipinski definition) is 1. The zero-order valence-corrected chi connectivity index (χ0v) is 11.2. The fraction of sp³-hybridized carbons (Fsp3) is 0.462. The van der Waals surface area contributed by atoms with Crippen molar-refractivity contribution >= 4 is 23.3 Å². The van der Waals surface area contributed by atoms with Gasteiger partial charge in [-0.1, -0.05) is 18.5 Å². The Hall–Kier alpha value is -1.22. The molecule has 1 aromatic carbocycles. The van der Waals surface area contributed by atoms with Gasteiger partial charge in [-0.05, 0) is 44.0 Å². The van der Waals surface area contributed by atoms with Crippen LogP contribution >= 0.6 is 11.6 Å². The predicted molar refractivity (Wildman–Crippen MR) is 70.9 cm³/mol. The van der Waals surface area contributed by atoms with Gasteiger partial charge in [0.15, 0.2) is 0 Å². The molecule has 1 rings (SSSR count). The van der Waals surface area contributed by atoms with Crippen molar-refractivity contribution in [1.29, 1.82) is 0 Å². The molecule has 0 amide bonds. The molecule has 0 aliphatic heterocycles. The second-order valence-electron chi connectivity index (χ2n) is 3.98. The normalized spacial score (nSPS) is 12.2. The van der Waals surface area contributed by atoms with Crippen molar-refractivity contribution < 1.29 is 9.90 Å². The zero-order chi connectivity index (χ0) is 13.0. The van der Waals surface area contributed by atoms with Crippen molar-refractivity contribution in [2.24, 2.45) is 0 Å². The van der Waals surface area contributed by atoms with Crippen molar-refractivity contribution in [2.75, 3.05) is 11.4 Å². The molecule has 0 fully saturated rings. The lowest BCUT2D eigenvalue weighted by Gasteiger charge is -2.30. The second-order valence-corrected chi connectivity index (χ2v) is 4.42. The number of hydrogen-bond acceptors (Lipinski definition) is 2. The molecule has 0 aliphatic rings. The number of carbonyl (C=O) groups is 1. The van der Waals surface area contributed by atoms with Crippen LogP contribution in [0.2, 0.25) is 5.02 Å². The molecule has 94 valence electrons. The van der Waals surface area contributed by atoms with Crippen LogP contribution in [0.5, 0.6) is 0 Å². The lowest BCUT2D eigenvalue weighted by Crippen LogP contribution is -2.41. The van der Waals surface area contributed by atoms with E-state index in [2.05, 4.69) is 0 Å². The summed E-state index contributed by atoms with van der Waals surface area (Å²) in [6.45, 7) is 6.44. The fourth-order valence-electron chi connectivity index (χ4n) is 2.03. The minimum absolute atomic E-state index is 0.486. The predicted octanol–water partition coefficient (Wildman–Crippen LogP) is 3.34. The number of anilines is 1. The van der Waals surface area contributed by atoms with Crippen LogP contribution in [-0.2, 0) is 4.79 Å². The van der Waals surface area contributed by atoms with Crippen LogP contribution in [-0.4, -0.2) is 23.7 Å². The third kappa shape index (κ3) is 3.13. The van der Waals surface area contributed by atoms with Crippen molar-refractivity contribution in [3.8, 4) is 0 Å². The van der Waals surface area contributed by atoms with E-state index >= 15 is 0 Å². The summed E-state index contributed by atoms with van der Waals surface area (Å²) in [6.07, 6.45) is 0.575. The molecule has 0 saturated carbocycles. The molecule has 0 heterocycles. The van der Waals surface area contributed by atoms with Gasteiger partial charge in [0.1, 0.15) is 6.04 Å². The maximum Gasteiger partial charge on any atom is 0.326 e. The third-order valence-electron chi connectivity index (χ3n) is 2.86. The summed E-state index contributed by atoms with van der Waals surface area (Å²) in [6, 6.07) is 5.04. The molecule has 1 atom stereocenters. The first-order valence-electron chi connectivity index (χ1n) is 5.76. The third-order valence-corrected chi connectivity index (χ3v) is 3.09. The molecular formula is C13H18ClNO2. The summed E-state index contributed by atoms with van der Waals surface area (Å²) in [4.78, 5) is 13.1. The highest BCUT2D eigenvalue weighted by molar-refractivity contribution is 6.30. The highest BCUT2D eigenvalue weighted by atomic mass is 35.5. The van der Waals surface area contributed by atoms with E-state index in [1.807, 2.05) is 37.8 Å². The standard InChI is InChI=1S/C13H18ClNO2/c1-4-11(13(16)17)15(5-2)12-7-6-10(14)8-9(12)3/h6-8,11H,4-5H2,1-3H3,(H,16,17)/t11-/m1/s1. The molecule has 3 nitrogen and oxygen atoms in total. The Balaban J connectivity index is 3.12. The Morgan fingerprint density at radius 1 is 1.47 bits per heavy atom. The van der Waals surface area contributed by atoms with Gasteiger partial charge in [0.05, 0.1) is 0 Å². The quantitative estimate of drug-likeness (QED) is 0.877. The van der Waals surface area contributed by atoms with Gasteiger partial charge in [0.25, 0.3) is 0 Å². The van der Waals surface area contributed by atoms with E-state index in [1.165, 1.54) is 0 Å². The molecule has 0 unspecified atom stereocenters. The number of aryl methyl sites for hydroxylation is 1. The van der Waals surface area contributed by atoms with Crippen molar-refractivity contribution in [1.82, 2.24) is 0 Å². The van der Waals surface area contributed by atoms with Crippen LogP contribution in [0.25, 0.3) is 0 Å². The summed E-state index contributed by atoms with van der Waals surface area (Å²) < 4.78 is 0. The molecule has 1 aromatic rings. The molecule has 0 aromatic heterocycles. The maximum atomic E-state index is 11.2. The SMILES string of the molecule is CC[C@H](C(=O)O)N(CC)c1ccc(Cl)cc1C. The Kier molecular flexibility index (Phi) is 4.82. The molecule has 0 bridgehead atoms. The number of rotatable bonds is 5. The highest BCUT2D eigenvalue weighted by Gasteiger charge is 2.23. The van der Waals surface area contributed by atoms with E-state index in [0.717, 1.165) is 11.3 Å². The fourth-order valence-corrected chi connectivity index (χ4v) is 2.25. The van der Waals surface area contributed by atoms with Crippen LogP contribution < -0.4 is 4.90 Å². The minimum Gasteiger partial charge on any atom is -0.480 e. The molecule has 1 N–H and O–H groups in total. The lowest BCUT2D eigenvalue weighted by atomic mass is 10.1. The van der Waals surface area contributed by atoms with Crippen LogP contribution in [0.3, 0.4) is 0 Å². The number of carboxylic acids is 1. The first-order chi connectivity index (χ1) is 8.01. The average Bonchev–Trinajstić information content (AvgIpc) is 2.26. The Bertz CT molecular complexity index is 406. The van der Waals surface area contributed by atoms with Gasteiger partial charge >= 0.3 is 5.97 Å². The summed E-state index contributed by atoms with van der Waals surface area (Å²) in [5.41, 5.74) is 1.94. The summed E-state index contributed by atoms with van der Waals surface area (Å²) in [5, 5.41) is 9.89. The van der Waals surface area contributed by atoms with Gasteiger partial charge in [-0.3, -0.25) is 0 Å². The Morgan fingerprint density at radius 2 is 2.12 bits per heavy atom. The van der Waals surface area contributed by atoms with Crippen LogP contribution in [0.4, 0.5) is 5.69 Å². The zero-order valence-electron chi connectivity index (χ0n) is 10.4. The second kappa shape index (κ2) is 5.92. The van der Waals surface area contributed by atoms with E-state index in [4.69, 9.17) is 11.6 Å². The van der Waals surface area contributed by atoms with E-state index in [9.17, 15) is 9.90 Å². The largest absolute Gasteiger partial charge is 0.480 e. The minimum atomic E-state index is -0.788. The summed E-state index contributed by atoms with van der Waals surface area (Å²) in [5.74, 6) is -0.788. The molecule has 0 spiro atoms. The average molecular weight is 256 g/mol. The first kappa shape index (κ1) is 13.8. The maximum absolute atomic E-state index is 11.2. The highest BCUT2D eigenvalue weighted by Crippen LogP contribution is 2.26. The molecule has 0 saturated heterocycles. The Labute approximate surface area is 107 Å². The molecule has 0 radical (unpaired) electrons. The van der Waals surface area contributed by atoms with Gasteiger partial charge in [-0.15, -0.1) is 0 Å². The summed E-state index contributed by atoms with van der Waals surface area (Å²) >= 11 is 5.91.